The molecule has 0 aliphatic heterocycles. The van der Waals surface area contributed by atoms with E-state index in [1.807, 2.05) is 60.7 Å². The van der Waals surface area contributed by atoms with Gasteiger partial charge in [-0.25, -0.2) is 0 Å². The maximum Gasteiger partial charge on any atom is 0.238 e. The Bertz CT molecular complexity index is 643. The summed E-state index contributed by atoms with van der Waals surface area (Å²) in [7, 11) is 0. The van der Waals surface area contributed by atoms with Gasteiger partial charge in [0.15, 0.2) is 0 Å². The molecule has 2 aromatic rings. The van der Waals surface area contributed by atoms with Crippen LogP contribution in [0.1, 0.15) is 30.1 Å². The molecule has 0 bridgehead atoms. The van der Waals surface area contributed by atoms with Crippen molar-refractivity contribution in [2.75, 3.05) is 6.61 Å². The van der Waals surface area contributed by atoms with Gasteiger partial charge in [0.05, 0.1) is 0 Å². The van der Waals surface area contributed by atoms with Gasteiger partial charge in [0.2, 0.25) is 5.91 Å². The molecule has 1 fully saturated rings. The number of aliphatic hydroxyl groups is 1. The molecule has 2 atom stereocenters. The summed E-state index contributed by atoms with van der Waals surface area (Å²) in [5.74, 6) is 0.555. The molecule has 2 unspecified atom stereocenters. The topological polar surface area (TPSA) is 49.3 Å². The Morgan fingerprint density at radius 3 is 2.29 bits per heavy atom. The average Bonchev–Trinajstić information content (AvgIpc) is 3.46. The number of thioether (sulfide) groups is 1. The molecule has 0 aromatic heterocycles. The summed E-state index contributed by atoms with van der Waals surface area (Å²) in [4.78, 5) is 14.0. The van der Waals surface area contributed by atoms with Gasteiger partial charge < -0.3 is 10.4 Å². The molecule has 0 saturated heterocycles. The highest BCUT2D eigenvalue weighted by molar-refractivity contribution is 8.00. The minimum absolute atomic E-state index is 0.0282. The van der Waals surface area contributed by atoms with E-state index in [2.05, 4.69) is 5.32 Å². The summed E-state index contributed by atoms with van der Waals surface area (Å²) in [6.07, 6.45) is 2.92. The first-order valence-electron chi connectivity index (χ1n) is 8.46. The van der Waals surface area contributed by atoms with E-state index in [4.69, 9.17) is 0 Å². The zero-order valence-corrected chi connectivity index (χ0v) is 14.4. The Hall–Kier alpha value is -1.78. The Labute approximate surface area is 147 Å². The van der Waals surface area contributed by atoms with Crippen molar-refractivity contribution >= 4 is 17.7 Å². The number of amides is 1. The number of hydrogen-bond acceptors (Lipinski definition) is 3. The van der Waals surface area contributed by atoms with Crippen LogP contribution in [0.25, 0.3) is 0 Å². The molecule has 24 heavy (non-hydrogen) atoms. The Morgan fingerprint density at radius 2 is 1.71 bits per heavy atom. The van der Waals surface area contributed by atoms with Gasteiger partial charge in [-0.05, 0) is 42.9 Å². The summed E-state index contributed by atoms with van der Waals surface area (Å²) in [6, 6.07) is 20.0. The van der Waals surface area contributed by atoms with Crippen molar-refractivity contribution in [1.29, 1.82) is 0 Å². The van der Waals surface area contributed by atoms with Crippen LogP contribution < -0.4 is 5.32 Å². The van der Waals surface area contributed by atoms with Gasteiger partial charge in [0.1, 0.15) is 5.25 Å². The monoisotopic (exact) mass is 341 g/mol. The molecule has 0 radical (unpaired) electrons. The van der Waals surface area contributed by atoms with Crippen LogP contribution >= 0.6 is 11.8 Å². The number of carbonyl (C=O) groups excluding carboxylic acids is 1. The molecule has 1 aliphatic carbocycles. The lowest BCUT2D eigenvalue weighted by atomic mass is 10.1. The highest BCUT2D eigenvalue weighted by Gasteiger charge is 2.33. The van der Waals surface area contributed by atoms with Gasteiger partial charge in [-0.1, -0.05) is 48.5 Å². The van der Waals surface area contributed by atoms with Gasteiger partial charge in [-0.2, -0.15) is 0 Å². The molecule has 2 N–H and O–H groups in total. The summed E-state index contributed by atoms with van der Waals surface area (Å²) < 4.78 is 0. The first-order chi connectivity index (χ1) is 11.8. The van der Waals surface area contributed by atoms with Gasteiger partial charge in [0.25, 0.3) is 0 Å². The molecule has 3 nitrogen and oxygen atoms in total. The van der Waals surface area contributed by atoms with Crippen LogP contribution in [0, 0.1) is 5.92 Å². The predicted octanol–water partition coefficient (Wildman–Crippen LogP) is 3.80. The highest BCUT2D eigenvalue weighted by Crippen LogP contribution is 2.37. The van der Waals surface area contributed by atoms with Crippen LogP contribution in [0.4, 0.5) is 0 Å². The third-order valence-electron chi connectivity index (χ3n) is 4.30. The number of hydrogen-bond donors (Lipinski definition) is 2. The number of rotatable bonds is 8. The molecule has 4 heteroatoms. The van der Waals surface area contributed by atoms with Crippen LogP contribution in [-0.4, -0.2) is 23.7 Å². The maximum atomic E-state index is 13.0. The van der Waals surface area contributed by atoms with Gasteiger partial charge in [-0.15, -0.1) is 11.8 Å². The number of benzene rings is 2. The number of aliphatic hydroxyl groups excluding tert-OH is 1. The van der Waals surface area contributed by atoms with E-state index in [1.165, 1.54) is 0 Å². The largest absolute Gasteiger partial charge is 0.396 e. The third-order valence-corrected chi connectivity index (χ3v) is 5.56. The summed E-state index contributed by atoms with van der Waals surface area (Å²) in [5.41, 5.74) is 1.00. The van der Waals surface area contributed by atoms with Gasteiger partial charge >= 0.3 is 0 Å². The van der Waals surface area contributed by atoms with E-state index >= 15 is 0 Å². The minimum atomic E-state index is -0.284. The van der Waals surface area contributed by atoms with Crippen molar-refractivity contribution in [1.82, 2.24) is 5.32 Å². The SMILES string of the molecule is O=C(NC(CCO)C1CC1)C(Sc1ccccc1)c1ccccc1. The normalized spacial score (nSPS) is 16.4. The molecule has 3 rings (SSSR count). The van der Waals surface area contributed by atoms with E-state index < -0.39 is 0 Å². The standard InChI is InChI=1S/C20H23NO2S/c22-14-13-18(15-11-12-15)21-20(23)19(16-7-3-1-4-8-16)24-17-9-5-2-6-10-17/h1-10,15,18-19,22H,11-14H2,(H,21,23). The third kappa shape index (κ3) is 4.62. The van der Waals surface area contributed by atoms with Crippen molar-refractivity contribution < 1.29 is 9.90 Å². The van der Waals surface area contributed by atoms with Crippen LogP contribution in [-0.2, 0) is 4.79 Å². The summed E-state index contributed by atoms with van der Waals surface area (Å²) in [6.45, 7) is 0.114. The average molecular weight is 341 g/mol. The van der Waals surface area contributed by atoms with E-state index in [0.717, 1.165) is 23.3 Å². The first kappa shape index (κ1) is 17.1. The van der Waals surface area contributed by atoms with E-state index in [9.17, 15) is 9.90 Å². The van der Waals surface area contributed by atoms with Crippen molar-refractivity contribution in [3.63, 3.8) is 0 Å². The summed E-state index contributed by atoms with van der Waals surface area (Å²) >= 11 is 1.57. The molecular weight excluding hydrogens is 318 g/mol. The molecule has 126 valence electrons. The maximum absolute atomic E-state index is 13.0. The van der Waals surface area contributed by atoms with E-state index in [0.29, 0.717) is 12.3 Å². The fraction of sp³-hybridized carbons (Fsp3) is 0.350. The van der Waals surface area contributed by atoms with Crippen molar-refractivity contribution in [2.45, 2.75) is 35.4 Å². The molecule has 0 heterocycles. The molecule has 2 aromatic carbocycles. The number of nitrogens with one attached hydrogen (secondary N) is 1. The molecule has 1 saturated carbocycles. The van der Waals surface area contributed by atoms with Crippen LogP contribution in [0.2, 0.25) is 0 Å². The molecular formula is C20H23NO2S. The lowest BCUT2D eigenvalue weighted by molar-refractivity contribution is -0.121. The fourth-order valence-electron chi connectivity index (χ4n) is 2.86. The second kappa shape index (κ2) is 8.36. The van der Waals surface area contributed by atoms with Crippen molar-refractivity contribution in [3.05, 3.63) is 66.2 Å². The highest BCUT2D eigenvalue weighted by atomic mass is 32.2. The van der Waals surface area contributed by atoms with E-state index in [1.54, 1.807) is 11.8 Å². The number of carbonyl (C=O) groups is 1. The van der Waals surface area contributed by atoms with Crippen LogP contribution in [0.5, 0.6) is 0 Å². The van der Waals surface area contributed by atoms with Crippen LogP contribution in [0.15, 0.2) is 65.6 Å². The second-order valence-electron chi connectivity index (χ2n) is 6.19. The van der Waals surface area contributed by atoms with Crippen LogP contribution in [0.3, 0.4) is 0 Å². The molecule has 0 spiro atoms. The first-order valence-corrected chi connectivity index (χ1v) is 9.34. The lowest BCUT2D eigenvalue weighted by Gasteiger charge is -2.22. The fourth-order valence-corrected chi connectivity index (χ4v) is 3.91. The molecule has 1 amide bonds. The lowest BCUT2D eigenvalue weighted by Crippen LogP contribution is -2.39. The Kier molecular flexibility index (Phi) is 5.94. The Morgan fingerprint density at radius 1 is 1.08 bits per heavy atom. The predicted molar refractivity (Wildman–Crippen MR) is 97.8 cm³/mol. The van der Waals surface area contributed by atoms with Crippen molar-refractivity contribution in [2.24, 2.45) is 5.92 Å². The molecule has 1 aliphatic rings. The van der Waals surface area contributed by atoms with E-state index in [-0.39, 0.29) is 23.8 Å². The second-order valence-corrected chi connectivity index (χ2v) is 7.36. The van der Waals surface area contributed by atoms with Gasteiger partial charge in [0, 0.05) is 17.5 Å². The van der Waals surface area contributed by atoms with Crippen molar-refractivity contribution in [3.8, 4) is 0 Å². The quantitative estimate of drug-likeness (QED) is 0.718. The van der Waals surface area contributed by atoms with Gasteiger partial charge in [-0.3, -0.25) is 4.79 Å². The summed E-state index contributed by atoms with van der Waals surface area (Å²) in [5, 5.41) is 12.2. The smallest absolute Gasteiger partial charge is 0.238 e. The minimum Gasteiger partial charge on any atom is -0.396 e. The zero-order valence-electron chi connectivity index (χ0n) is 13.6. The Balaban J connectivity index is 1.77. The zero-order chi connectivity index (χ0) is 16.8.